The lowest BCUT2D eigenvalue weighted by atomic mass is 10.2. The third-order valence-electron chi connectivity index (χ3n) is 2.32. The first kappa shape index (κ1) is 11.7. The molecular weight excluding hydrogens is 244 g/mol. The molecule has 2 amide bonds. The number of nitrogens with one attached hydrogen (secondary N) is 2. The summed E-state index contributed by atoms with van der Waals surface area (Å²) in [7, 11) is 0. The minimum atomic E-state index is -0.728. The zero-order chi connectivity index (χ0) is 12.3. The van der Waals surface area contributed by atoms with Gasteiger partial charge in [0.05, 0.1) is 5.69 Å². The monoisotopic (exact) mass is 254 g/mol. The molecule has 1 aliphatic rings. The summed E-state index contributed by atoms with van der Waals surface area (Å²) >= 11 is 5.36. The van der Waals surface area contributed by atoms with Crippen molar-refractivity contribution in [3.05, 3.63) is 24.3 Å². The highest BCUT2D eigenvalue weighted by atomic mass is 35.5. The van der Waals surface area contributed by atoms with Crippen LogP contribution in [-0.4, -0.2) is 30.3 Å². The van der Waals surface area contributed by atoms with E-state index >= 15 is 0 Å². The Labute approximate surface area is 103 Å². The quantitative estimate of drug-likeness (QED) is 0.765. The zero-order valence-corrected chi connectivity index (χ0v) is 9.66. The van der Waals surface area contributed by atoms with Gasteiger partial charge in [0.2, 0.25) is 5.91 Å². The lowest BCUT2D eigenvalue weighted by molar-refractivity contribution is -0.125. The van der Waals surface area contributed by atoms with Crippen LogP contribution in [0.3, 0.4) is 0 Å². The molecule has 1 aromatic rings. The number of halogens is 1. The normalized spacial score (nSPS) is 18.4. The molecule has 1 aromatic carbocycles. The molecule has 0 fully saturated rings. The highest BCUT2D eigenvalue weighted by Gasteiger charge is 2.25. The van der Waals surface area contributed by atoms with Crippen LogP contribution in [0.4, 0.5) is 5.69 Å². The van der Waals surface area contributed by atoms with Gasteiger partial charge in [-0.1, -0.05) is 12.1 Å². The Morgan fingerprint density at radius 1 is 1.53 bits per heavy atom. The lowest BCUT2D eigenvalue weighted by Gasteiger charge is -2.13. The molecule has 0 unspecified atom stereocenters. The number of amides is 2. The van der Waals surface area contributed by atoms with Gasteiger partial charge in [0.15, 0.2) is 0 Å². The van der Waals surface area contributed by atoms with Gasteiger partial charge in [-0.2, -0.15) is 0 Å². The van der Waals surface area contributed by atoms with Gasteiger partial charge in [-0.15, -0.1) is 11.6 Å². The van der Waals surface area contributed by atoms with Crippen LogP contribution < -0.4 is 15.4 Å². The summed E-state index contributed by atoms with van der Waals surface area (Å²) in [4.78, 5) is 22.9. The molecule has 2 rings (SSSR count). The topological polar surface area (TPSA) is 67.4 Å². The summed E-state index contributed by atoms with van der Waals surface area (Å²) in [6.07, 6.45) is 0. The molecule has 1 aliphatic heterocycles. The first-order valence-corrected chi connectivity index (χ1v) is 5.62. The van der Waals surface area contributed by atoms with E-state index in [0.717, 1.165) is 0 Å². The largest absolute Gasteiger partial charge is 0.489 e. The van der Waals surface area contributed by atoms with Crippen LogP contribution in [-0.2, 0) is 9.59 Å². The van der Waals surface area contributed by atoms with E-state index in [1.54, 1.807) is 18.2 Å². The molecule has 1 atom stereocenters. The van der Waals surface area contributed by atoms with Crippen LogP contribution in [0.25, 0.3) is 0 Å². The van der Waals surface area contributed by atoms with Crippen molar-refractivity contribution >= 4 is 29.1 Å². The predicted molar refractivity (Wildman–Crippen MR) is 63.2 cm³/mol. The lowest BCUT2D eigenvalue weighted by Crippen LogP contribution is -2.46. The highest BCUT2D eigenvalue weighted by molar-refractivity contribution is 6.27. The van der Waals surface area contributed by atoms with Crippen molar-refractivity contribution in [2.45, 2.75) is 6.04 Å². The Hall–Kier alpha value is -1.75. The van der Waals surface area contributed by atoms with Crippen molar-refractivity contribution in [2.75, 3.05) is 17.8 Å². The Bertz CT molecular complexity index is 450. The van der Waals surface area contributed by atoms with Crippen molar-refractivity contribution in [1.82, 2.24) is 5.32 Å². The second kappa shape index (κ2) is 5.05. The SMILES string of the molecule is O=C(CCl)N[C@@H]1COc2ccccc2NC1=O. The number of anilines is 1. The number of carbonyl (C=O) groups excluding carboxylic acids is 2. The van der Waals surface area contributed by atoms with E-state index in [1.807, 2.05) is 6.07 Å². The molecule has 0 bridgehead atoms. The molecule has 6 heteroatoms. The molecule has 0 saturated carbocycles. The Morgan fingerprint density at radius 2 is 2.29 bits per heavy atom. The number of para-hydroxylation sites is 2. The van der Waals surface area contributed by atoms with Crippen LogP contribution in [0.1, 0.15) is 0 Å². The molecule has 0 aromatic heterocycles. The molecule has 0 radical (unpaired) electrons. The average Bonchev–Trinajstić information content (AvgIpc) is 2.49. The van der Waals surface area contributed by atoms with Gasteiger partial charge in [0.25, 0.3) is 5.91 Å². The molecule has 0 saturated heterocycles. The molecule has 0 spiro atoms. The third-order valence-corrected chi connectivity index (χ3v) is 2.57. The number of hydrogen-bond donors (Lipinski definition) is 2. The van der Waals surface area contributed by atoms with Gasteiger partial charge in [0, 0.05) is 0 Å². The number of rotatable bonds is 2. The van der Waals surface area contributed by atoms with Crippen LogP contribution in [0.2, 0.25) is 0 Å². The van der Waals surface area contributed by atoms with Gasteiger partial charge in [-0.3, -0.25) is 9.59 Å². The van der Waals surface area contributed by atoms with Crippen molar-refractivity contribution in [3.8, 4) is 5.75 Å². The fourth-order valence-corrected chi connectivity index (χ4v) is 1.58. The van der Waals surface area contributed by atoms with Crippen molar-refractivity contribution < 1.29 is 14.3 Å². The van der Waals surface area contributed by atoms with E-state index in [1.165, 1.54) is 0 Å². The summed E-state index contributed by atoms with van der Waals surface area (Å²) in [6, 6.07) is 6.36. The molecule has 1 heterocycles. The number of carbonyl (C=O) groups is 2. The second-order valence-electron chi connectivity index (χ2n) is 3.55. The summed E-state index contributed by atoms with van der Waals surface area (Å²) < 4.78 is 5.44. The van der Waals surface area contributed by atoms with E-state index in [-0.39, 0.29) is 18.4 Å². The highest BCUT2D eigenvalue weighted by Crippen LogP contribution is 2.25. The van der Waals surface area contributed by atoms with E-state index in [9.17, 15) is 9.59 Å². The van der Waals surface area contributed by atoms with E-state index in [2.05, 4.69) is 10.6 Å². The molecule has 17 heavy (non-hydrogen) atoms. The summed E-state index contributed by atoms with van der Waals surface area (Å²) in [5, 5.41) is 5.17. The Balaban J connectivity index is 2.12. The Morgan fingerprint density at radius 3 is 3.06 bits per heavy atom. The first-order chi connectivity index (χ1) is 8.20. The van der Waals surface area contributed by atoms with Crippen LogP contribution in [0, 0.1) is 0 Å². The van der Waals surface area contributed by atoms with Gasteiger partial charge in [-0.05, 0) is 12.1 Å². The van der Waals surface area contributed by atoms with Crippen molar-refractivity contribution in [2.24, 2.45) is 0 Å². The summed E-state index contributed by atoms with van der Waals surface area (Å²) in [5.74, 6) is -0.310. The molecular formula is C11H11ClN2O3. The zero-order valence-electron chi connectivity index (χ0n) is 8.90. The minimum absolute atomic E-state index is 0.0888. The van der Waals surface area contributed by atoms with Crippen molar-refractivity contribution in [1.29, 1.82) is 0 Å². The van der Waals surface area contributed by atoms with Crippen LogP contribution >= 0.6 is 11.6 Å². The summed E-state index contributed by atoms with van der Waals surface area (Å²) in [5.41, 5.74) is 0.597. The maximum Gasteiger partial charge on any atom is 0.250 e. The Kier molecular flexibility index (Phi) is 3.49. The predicted octanol–water partition coefficient (Wildman–Crippen LogP) is 0.741. The van der Waals surface area contributed by atoms with E-state index < -0.39 is 11.9 Å². The smallest absolute Gasteiger partial charge is 0.250 e. The standard InChI is InChI=1S/C11H11ClN2O3/c12-5-10(15)13-8-6-17-9-4-2-1-3-7(9)14-11(8)16/h1-4,8H,5-6H2,(H,13,15)(H,14,16)/t8-/m1/s1. The molecule has 2 N–H and O–H groups in total. The molecule has 0 aliphatic carbocycles. The number of hydrogen-bond acceptors (Lipinski definition) is 3. The first-order valence-electron chi connectivity index (χ1n) is 5.08. The number of alkyl halides is 1. The van der Waals surface area contributed by atoms with E-state index in [0.29, 0.717) is 11.4 Å². The maximum atomic E-state index is 11.8. The van der Waals surface area contributed by atoms with Crippen LogP contribution in [0.5, 0.6) is 5.75 Å². The van der Waals surface area contributed by atoms with Gasteiger partial charge >= 0.3 is 0 Å². The van der Waals surface area contributed by atoms with Gasteiger partial charge < -0.3 is 15.4 Å². The van der Waals surface area contributed by atoms with Gasteiger partial charge in [0.1, 0.15) is 24.3 Å². The van der Waals surface area contributed by atoms with Crippen LogP contribution in [0.15, 0.2) is 24.3 Å². The number of fused-ring (bicyclic) bond motifs is 1. The molecule has 5 nitrogen and oxygen atoms in total. The number of benzene rings is 1. The molecule has 90 valence electrons. The maximum absolute atomic E-state index is 11.8. The average molecular weight is 255 g/mol. The third kappa shape index (κ3) is 2.68. The fourth-order valence-electron chi connectivity index (χ4n) is 1.50. The summed E-state index contributed by atoms with van der Waals surface area (Å²) in [6.45, 7) is 0.0888. The van der Waals surface area contributed by atoms with Gasteiger partial charge in [-0.25, -0.2) is 0 Å². The minimum Gasteiger partial charge on any atom is -0.489 e. The van der Waals surface area contributed by atoms with Crippen molar-refractivity contribution in [3.63, 3.8) is 0 Å². The second-order valence-corrected chi connectivity index (χ2v) is 3.82. The number of ether oxygens (including phenoxy) is 1. The van der Waals surface area contributed by atoms with E-state index in [4.69, 9.17) is 16.3 Å². The fraction of sp³-hybridized carbons (Fsp3) is 0.273.